The molecule has 0 saturated carbocycles. The summed E-state index contributed by atoms with van der Waals surface area (Å²) in [5, 5.41) is 24.4. The van der Waals surface area contributed by atoms with Gasteiger partial charge in [-0.3, -0.25) is 9.55 Å². The number of aryl methyl sites for hydroxylation is 1. The molecule has 10 aromatic carbocycles. The number of allylic oxidation sites excluding steroid dienone is 1. The Morgan fingerprint density at radius 2 is 1.06 bits per heavy atom. The van der Waals surface area contributed by atoms with Gasteiger partial charge in [-0.15, -0.1) is 0 Å². The molecule has 4 nitrogen and oxygen atoms in total. The van der Waals surface area contributed by atoms with Gasteiger partial charge in [0, 0.05) is 40.0 Å². The van der Waals surface area contributed by atoms with Crippen molar-refractivity contribution in [1.29, 1.82) is 5.26 Å². The molecule has 3 aromatic heterocycles. The van der Waals surface area contributed by atoms with Gasteiger partial charge in [-0.05, 0) is 154 Å². The van der Waals surface area contributed by atoms with Crippen LogP contribution in [0.1, 0.15) is 23.1 Å². The molecule has 1 aliphatic rings. The maximum atomic E-state index is 10.3. The molecule has 0 amide bonds. The Morgan fingerprint density at radius 3 is 1.77 bits per heavy atom. The fourth-order valence-corrected chi connectivity index (χ4v) is 11.5. The predicted molar refractivity (Wildman–Crippen MR) is 288 cm³/mol. The second-order valence-electron chi connectivity index (χ2n) is 18.2. The molecule has 69 heavy (non-hydrogen) atoms. The van der Waals surface area contributed by atoms with E-state index in [1.54, 1.807) is 12.3 Å². The van der Waals surface area contributed by atoms with Gasteiger partial charge in [-0.2, -0.15) is 5.26 Å². The zero-order valence-electron chi connectivity index (χ0n) is 37.5. The van der Waals surface area contributed by atoms with Crippen molar-refractivity contribution in [1.82, 2.24) is 14.5 Å². The maximum Gasteiger partial charge on any atom is 0.146 e. The van der Waals surface area contributed by atoms with Crippen molar-refractivity contribution in [3.8, 4) is 56.4 Å². The number of benzene rings is 10. The summed E-state index contributed by atoms with van der Waals surface area (Å²) in [5.74, 6) is 0. The highest BCUT2D eigenvalue weighted by atomic mass is 15.0. The van der Waals surface area contributed by atoms with Crippen LogP contribution in [0.25, 0.3) is 132 Å². The first kappa shape index (κ1) is 39.0. The summed E-state index contributed by atoms with van der Waals surface area (Å²) in [6.45, 7) is 0. The van der Waals surface area contributed by atoms with Crippen LogP contribution >= 0.6 is 0 Å². The van der Waals surface area contributed by atoms with E-state index < -0.39 is 0 Å². The highest BCUT2D eigenvalue weighted by Gasteiger charge is 2.25. The van der Waals surface area contributed by atoms with E-state index in [-0.39, 0.29) is 0 Å². The Balaban J connectivity index is 1.01. The molecule has 0 saturated heterocycles. The Hall–Kier alpha value is -9.17. The highest BCUT2D eigenvalue weighted by Crippen LogP contribution is 2.51. The lowest BCUT2D eigenvalue weighted by atomic mass is 9.79. The Morgan fingerprint density at radius 1 is 0.464 bits per heavy atom. The van der Waals surface area contributed by atoms with Crippen LogP contribution in [0, 0.1) is 11.3 Å². The van der Waals surface area contributed by atoms with Gasteiger partial charge in [0.1, 0.15) is 5.65 Å². The molecule has 0 aliphatic heterocycles. The number of nitrogens with zero attached hydrogens (tertiary/aromatic N) is 4. The normalized spacial score (nSPS) is 12.4. The van der Waals surface area contributed by atoms with Crippen LogP contribution in [-0.2, 0) is 6.42 Å². The second kappa shape index (κ2) is 15.5. The highest BCUT2D eigenvalue weighted by molar-refractivity contribution is 6.29. The van der Waals surface area contributed by atoms with Crippen LogP contribution in [0.15, 0.2) is 213 Å². The standard InChI is InChI=1S/C65H40N4/c66-38-46-32-33-67-65-60(46)57-36-40(28-31-59(57)69(65)48-18-2-1-3-19-48)47-27-30-58(68-39-47)45-26-29-55-56(37-45)64(62-51-22-10-6-16-43(51)35-44-17-7-11-23-52(44)62)54-25-13-12-24-53(54)63(55)61-49-20-8-4-14-41(49)34-42-15-5-9-21-50(42)61/h1-6,8-16,18-37,39H,7,17H2. The van der Waals surface area contributed by atoms with Gasteiger partial charge in [0.2, 0.25) is 0 Å². The van der Waals surface area contributed by atoms with Crippen molar-refractivity contribution < 1.29 is 0 Å². The number of hydrogen-bond donors (Lipinski definition) is 0. The average Bonchev–Trinajstić information content (AvgIpc) is 3.75. The lowest BCUT2D eigenvalue weighted by Crippen LogP contribution is -2.00. The molecule has 0 radical (unpaired) electrons. The summed E-state index contributed by atoms with van der Waals surface area (Å²) >= 11 is 0. The maximum absolute atomic E-state index is 10.3. The topological polar surface area (TPSA) is 54.5 Å². The average molecular weight is 877 g/mol. The molecular weight excluding hydrogens is 837 g/mol. The number of nitriles is 1. The molecule has 3 heterocycles. The zero-order valence-corrected chi connectivity index (χ0v) is 37.5. The van der Waals surface area contributed by atoms with E-state index in [0.717, 1.165) is 62.8 Å². The molecule has 0 N–H and O–H groups in total. The number of pyridine rings is 2. The van der Waals surface area contributed by atoms with E-state index >= 15 is 0 Å². The third-order valence-electron chi connectivity index (χ3n) is 14.5. The van der Waals surface area contributed by atoms with Crippen LogP contribution in [0.3, 0.4) is 0 Å². The van der Waals surface area contributed by atoms with E-state index in [2.05, 4.69) is 193 Å². The summed E-state index contributed by atoms with van der Waals surface area (Å²) in [5.41, 5.74) is 15.1. The summed E-state index contributed by atoms with van der Waals surface area (Å²) in [4.78, 5) is 10.0. The molecule has 0 atom stereocenters. The lowest BCUT2D eigenvalue weighted by molar-refractivity contribution is 0.990. The number of para-hydroxylation sites is 1. The van der Waals surface area contributed by atoms with Gasteiger partial charge in [0.25, 0.3) is 0 Å². The fraction of sp³-hybridized carbons (Fsp3) is 0.0308. The van der Waals surface area contributed by atoms with Gasteiger partial charge in [0.15, 0.2) is 0 Å². The first-order chi connectivity index (χ1) is 34.2. The second-order valence-corrected chi connectivity index (χ2v) is 18.2. The number of rotatable bonds is 5. The molecule has 0 fully saturated rings. The Labute approximate surface area is 398 Å². The number of hydrogen-bond acceptors (Lipinski definition) is 3. The van der Waals surface area contributed by atoms with Crippen molar-refractivity contribution in [2.24, 2.45) is 0 Å². The smallest absolute Gasteiger partial charge is 0.146 e. The largest absolute Gasteiger partial charge is 0.294 e. The van der Waals surface area contributed by atoms with E-state index in [1.165, 1.54) is 87.2 Å². The zero-order chi connectivity index (χ0) is 45.6. The summed E-state index contributed by atoms with van der Waals surface area (Å²) in [6.07, 6.45) is 10.5. The lowest BCUT2D eigenvalue weighted by Gasteiger charge is -2.24. The van der Waals surface area contributed by atoms with Crippen molar-refractivity contribution >= 4 is 81.9 Å². The molecule has 0 unspecified atom stereocenters. The summed E-state index contributed by atoms with van der Waals surface area (Å²) < 4.78 is 2.15. The SMILES string of the molecule is N#Cc1ccnc2c1c1cc(-c3ccc(-c4ccc5c(-c6c7ccccc7cc7ccccc67)c6ccccc6c(-c6c7c(cc8ccccc68)CCC=C7)c5c4)nc3)ccc1n2-c1ccccc1. The summed E-state index contributed by atoms with van der Waals surface area (Å²) in [7, 11) is 0. The third kappa shape index (κ3) is 6.01. The van der Waals surface area contributed by atoms with E-state index in [9.17, 15) is 5.26 Å². The molecule has 320 valence electrons. The first-order valence-electron chi connectivity index (χ1n) is 23.7. The first-order valence-corrected chi connectivity index (χ1v) is 23.7. The minimum Gasteiger partial charge on any atom is -0.294 e. The number of fused-ring (bicyclic) bond motifs is 9. The van der Waals surface area contributed by atoms with Gasteiger partial charge in [-0.25, -0.2) is 4.98 Å². The van der Waals surface area contributed by atoms with Crippen LogP contribution in [0.2, 0.25) is 0 Å². The monoisotopic (exact) mass is 876 g/mol. The van der Waals surface area contributed by atoms with Crippen molar-refractivity contribution in [3.05, 3.63) is 229 Å². The third-order valence-corrected chi connectivity index (χ3v) is 14.5. The minimum atomic E-state index is 0.602. The van der Waals surface area contributed by atoms with Gasteiger partial charge in [0.05, 0.1) is 22.8 Å². The van der Waals surface area contributed by atoms with Crippen LogP contribution < -0.4 is 0 Å². The molecule has 4 heteroatoms. The van der Waals surface area contributed by atoms with Gasteiger partial charge in [-0.1, -0.05) is 158 Å². The van der Waals surface area contributed by atoms with Crippen molar-refractivity contribution in [2.75, 3.05) is 0 Å². The Bertz CT molecular complexity index is 4310. The molecule has 14 rings (SSSR count). The predicted octanol–water partition coefficient (Wildman–Crippen LogP) is 16.8. The van der Waals surface area contributed by atoms with E-state index in [0.29, 0.717) is 5.56 Å². The summed E-state index contributed by atoms with van der Waals surface area (Å²) in [6, 6.07) is 72.7. The van der Waals surface area contributed by atoms with E-state index in [4.69, 9.17) is 9.97 Å². The van der Waals surface area contributed by atoms with Crippen molar-refractivity contribution in [3.63, 3.8) is 0 Å². The van der Waals surface area contributed by atoms with Crippen molar-refractivity contribution in [2.45, 2.75) is 12.8 Å². The van der Waals surface area contributed by atoms with Gasteiger partial charge >= 0.3 is 0 Å². The molecule has 0 bridgehead atoms. The Kier molecular flexibility index (Phi) is 8.74. The van der Waals surface area contributed by atoms with Crippen LogP contribution in [-0.4, -0.2) is 14.5 Å². The van der Waals surface area contributed by atoms with Crippen LogP contribution in [0.5, 0.6) is 0 Å². The van der Waals surface area contributed by atoms with Crippen LogP contribution in [0.4, 0.5) is 0 Å². The molecule has 1 aliphatic carbocycles. The molecule has 0 spiro atoms. The molecular formula is C65H40N4. The quantitative estimate of drug-likeness (QED) is 0.162. The van der Waals surface area contributed by atoms with Gasteiger partial charge < -0.3 is 0 Å². The minimum absolute atomic E-state index is 0.602. The molecule has 13 aromatic rings. The fourth-order valence-electron chi connectivity index (χ4n) is 11.5. The number of aromatic nitrogens is 3. The van der Waals surface area contributed by atoms with E-state index in [1.807, 2.05) is 24.4 Å².